The number of aliphatic hydroxyl groups is 1. The van der Waals surface area contributed by atoms with E-state index < -0.39 is 97.5 Å². The fourth-order valence-corrected chi connectivity index (χ4v) is 9.27. The number of aliphatic hydroxyl groups excluding tert-OH is 1. The molecule has 17 nitrogen and oxygen atoms in total. The number of carbonyl (C=O) groups excluding carboxylic acids is 4. The van der Waals surface area contributed by atoms with E-state index in [1.807, 2.05) is 0 Å². The first kappa shape index (κ1) is 70.1. The van der Waals surface area contributed by atoms with E-state index in [1.54, 1.807) is 0 Å². The molecule has 0 saturated heterocycles. The van der Waals surface area contributed by atoms with Gasteiger partial charge in [-0.1, -0.05) is 207 Å². The highest BCUT2D eigenvalue weighted by Crippen LogP contribution is 2.45. The normalized spacial score (nSPS) is 14.5. The SMILES string of the molecule is CCCCCCCCCCCCCC(=O)OC[C@H](COP(=O)(O)OC[C@@H](O)COP(=O)(O)OC[C@@H](COC(=O)CCCCCCC)OC(=O)CCCCCCCCCCC)OC(=O)CCCCCCCCC. The fraction of sp³-hybridized carbons (Fsp3) is 0.925. The Bertz CT molecular complexity index is 1420. The summed E-state index contributed by atoms with van der Waals surface area (Å²) in [6, 6.07) is 0. The van der Waals surface area contributed by atoms with Gasteiger partial charge in [0.2, 0.25) is 0 Å². The van der Waals surface area contributed by atoms with Crippen LogP contribution in [0.15, 0.2) is 0 Å². The molecule has 2 unspecified atom stereocenters. The summed E-state index contributed by atoms with van der Waals surface area (Å²) in [5, 5.41) is 10.4. The van der Waals surface area contributed by atoms with E-state index in [-0.39, 0.29) is 25.7 Å². The van der Waals surface area contributed by atoms with Gasteiger partial charge >= 0.3 is 39.5 Å². The fourth-order valence-electron chi connectivity index (χ4n) is 7.69. The molecule has 0 rings (SSSR count). The highest BCUT2D eigenvalue weighted by Gasteiger charge is 2.30. The molecule has 0 spiro atoms. The minimum absolute atomic E-state index is 0.104. The Morgan fingerprint density at radius 1 is 0.333 bits per heavy atom. The van der Waals surface area contributed by atoms with Crippen LogP contribution in [0.2, 0.25) is 0 Å². The molecule has 0 amide bonds. The number of hydrogen-bond donors (Lipinski definition) is 3. The van der Waals surface area contributed by atoms with Crippen LogP contribution in [0.1, 0.15) is 259 Å². The zero-order chi connectivity index (χ0) is 53.4. The average Bonchev–Trinajstić information content (AvgIpc) is 3.35. The lowest BCUT2D eigenvalue weighted by molar-refractivity contribution is -0.161. The van der Waals surface area contributed by atoms with Gasteiger partial charge in [-0.2, -0.15) is 0 Å². The Labute approximate surface area is 435 Å². The average molecular weight is 1070 g/mol. The summed E-state index contributed by atoms with van der Waals surface area (Å²) in [4.78, 5) is 71.2. The molecule has 426 valence electrons. The third-order valence-electron chi connectivity index (χ3n) is 12.1. The molecule has 0 bridgehead atoms. The number of esters is 4. The molecule has 0 saturated carbocycles. The summed E-state index contributed by atoms with van der Waals surface area (Å²) >= 11 is 0. The second-order valence-electron chi connectivity index (χ2n) is 19.3. The van der Waals surface area contributed by atoms with Gasteiger partial charge in [0.25, 0.3) is 0 Å². The van der Waals surface area contributed by atoms with Crippen LogP contribution in [-0.4, -0.2) is 96.7 Å². The molecule has 3 N–H and O–H groups in total. The molecular weight excluding hydrogens is 971 g/mol. The van der Waals surface area contributed by atoms with Crippen molar-refractivity contribution in [2.75, 3.05) is 39.6 Å². The lowest BCUT2D eigenvalue weighted by Gasteiger charge is -2.21. The third kappa shape index (κ3) is 47.8. The van der Waals surface area contributed by atoms with Gasteiger partial charge in [0.05, 0.1) is 26.4 Å². The van der Waals surface area contributed by atoms with Crippen molar-refractivity contribution in [1.82, 2.24) is 0 Å². The maximum Gasteiger partial charge on any atom is 0.472 e. The van der Waals surface area contributed by atoms with Crippen LogP contribution < -0.4 is 0 Å². The summed E-state index contributed by atoms with van der Waals surface area (Å²) in [6.07, 6.45) is 29.8. The Balaban J connectivity index is 5.14. The number of ether oxygens (including phenoxy) is 4. The van der Waals surface area contributed by atoms with Crippen molar-refractivity contribution in [2.45, 2.75) is 277 Å². The molecule has 0 fully saturated rings. The molecular formula is C53H102O17P2. The van der Waals surface area contributed by atoms with Crippen LogP contribution >= 0.6 is 15.6 Å². The van der Waals surface area contributed by atoms with Crippen molar-refractivity contribution >= 4 is 39.5 Å². The summed E-state index contributed by atoms with van der Waals surface area (Å²) in [5.41, 5.74) is 0. The highest BCUT2D eigenvalue weighted by atomic mass is 31.2. The van der Waals surface area contributed by atoms with Crippen LogP contribution in [0.25, 0.3) is 0 Å². The zero-order valence-corrected chi connectivity index (χ0v) is 47.2. The summed E-state index contributed by atoms with van der Waals surface area (Å²) in [7, 11) is -9.85. The highest BCUT2D eigenvalue weighted by molar-refractivity contribution is 7.47. The first-order valence-electron chi connectivity index (χ1n) is 28.3. The van der Waals surface area contributed by atoms with E-state index in [4.69, 9.17) is 37.0 Å². The second kappa shape index (κ2) is 48.7. The topological polar surface area (TPSA) is 237 Å². The molecule has 0 radical (unpaired) electrons. The molecule has 0 aromatic rings. The minimum Gasteiger partial charge on any atom is -0.462 e. The van der Waals surface area contributed by atoms with Crippen molar-refractivity contribution in [2.24, 2.45) is 0 Å². The van der Waals surface area contributed by atoms with Gasteiger partial charge in [-0.3, -0.25) is 37.3 Å². The molecule has 0 heterocycles. The van der Waals surface area contributed by atoms with E-state index in [0.29, 0.717) is 25.7 Å². The Morgan fingerprint density at radius 2 is 0.556 bits per heavy atom. The molecule has 5 atom stereocenters. The van der Waals surface area contributed by atoms with E-state index in [0.717, 1.165) is 109 Å². The van der Waals surface area contributed by atoms with Crippen LogP contribution in [0.4, 0.5) is 0 Å². The lowest BCUT2D eigenvalue weighted by Crippen LogP contribution is -2.30. The van der Waals surface area contributed by atoms with Gasteiger partial charge in [0.15, 0.2) is 12.2 Å². The summed E-state index contributed by atoms with van der Waals surface area (Å²) < 4.78 is 67.2. The molecule has 0 aliphatic rings. The maximum atomic E-state index is 12.8. The molecule has 0 aromatic carbocycles. The predicted molar refractivity (Wildman–Crippen MR) is 280 cm³/mol. The number of hydrogen-bond acceptors (Lipinski definition) is 15. The standard InChI is InChI=1S/C53H102O17P2/c1-5-9-13-17-20-22-23-25-27-30-34-38-51(56)64-44-49(69-52(57)39-35-31-26-19-15-11-7-3)46-68-72(61,62)66-42-47(54)41-65-71(59,60)67-45-48(43-63-50(55)37-33-29-16-12-8-4)70-53(58)40-36-32-28-24-21-18-14-10-6-2/h47-49,54H,5-46H2,1-4H3,(H,59,60)(H,61,62)/t47-,48+,49+/m0/s1. The van der Waals surface area contributed by atoms with Gasteiger partial charge in [-0.05, 0) is 25.7 Å². The van der Waals surface area contributed by atoms with Crippen LogP contribution in [0.3, 0.4) is 0 Å². The van der Waals surface area contributed by atoms with Crippen molar-refractivity contribution in [3.05, 3.63) is 0 Å². The second-order valence-corrected chi connectivity index (χ2v) is 22.2. The number of phosphoric ester groups is 2. The quantitative estimate of drug-likeness (QED) is 0.0222. The van der Waals surface area contributed by atoms with Crippen LogP contribution in [0, 0.1) is 0 Å². The van der Waals surface area contributed by atoms with Crippen molar-refractivity contribution < 1.29 is 80.2 Å². The lowest BCUT2D eigenvalue weighted by atomic mass is 10.1. The minimum atomic E-state index is -4.92. The maximum absolute atomic E-state index is 12.8. The Hall–Kier alpha value is -1.94. The van der Waals surface area contributed by atoms with Crippen molar-refractivity contribution in [1.29, 1.82) is 0 Å². The van der Waals surface area contributed by atoms with Crippen LogP contribution in [-0.2, 0) is 65.4 Å². The Morgan fingerprint density at radius 3 is 0.819 bits per heavy atom. The van der Waals surface area contributed by atoms with Crippen molar-refractivity contribution in [3.63, 3.8) is 0 Å². The van der Waals surface area contributed by atoms with E-state index in [9.17, 15) is 43.2 Å². The smallest absolute Gasteiger partial charge is 0.462 e. The first-order chi connectivity index (χ1) is 34.7. The Kier molecular flexibility index (Phi) is 47.4. The largest absolute Gasteiger partial charge is 0.472 e. The molecule has 0 aliphatic carbocycles. The molecule has 72 heavy (non-hydrogen) atoms. The van der Waals surface area contributed by atoms with E-state index >= 15 is 0 Å². The number of carbonyl (C=O) groups is 4. The molecule has 0 aromatic heterocycles. The molecule has 19 heteroatoms. The van der Waals surface area contributed by atoms with E-state index in [2.05, 4.69) is 27.7 Å². The van der Waals surface area contributed by atoms with Gasteiger partial charge in [-0.15, -0.1) is 0 Å². The van der Waals surface area contributed by atoms with Crippen molar-refractivity contribution in [3.8, 4) is 0 Å². The van der Waals surface area contributed by atoms with Gasteiger partial charge in [-0.25, -0.2) is 9.13 Å². The summed E-state index contributed by atoms with van der Waals surface area (Å²) in [6.45, 7) is 4.66. The number of phosphoric acid groups is 2. The summed E-state index contributed by atoms with van der Waals surface area (Å²) in [5.74, 6) is -2.17. The number of rotatable bonds is 54. The number of unbranched alkanes of at least 4 members (excludes halogenated alkanes) is 28. The molecule has 0 aliphatic heterocycles. The van der Waals surface area contributed by atoms with E-state index in [1.165, 1.54) is 70.6 Å². The first-order valence-corrected chi connectivity index (χ1v) is 31.3. The predicted octanol–water partition coefficient (Wildman–Crippen LogP) is 13.6. The third-order valence-corrected chi connectivity index (χ3v) is 14.0. The van der Waals surface area contributed by atoms with Crippen LogP contribution in [0.5, 0.6) is 0 Å². The van der Waals surface area contributed by atoms with Gasteiger partial charge < -0.3 is 33.8 Å². The van der Waals surface area contributed by atoms with Gasteiger partial charge in [0.1, 0.15) is 19.3 Å². The zero-order valence-electron chi connectivity index (χ0n) is 45.4. The monoisotopic (exact) mass is 1070 g/mol. The van der Waals surface area contributed by atoms with Gasteiger partial charge in [0, 0.05) is 25.7 Å².